The molecule has 3 rings (SSSR count). The van der Waals surface area contributed by atoms with Crippen LogP contribution >= 0.6 is 23.1 Å². The van der Waals surface area contributed by atoms with Gasteiger partial charge in [0.25, 0.3) is 0 Å². The van der Waals surface area contributed by atoms with Crippen molar-refractivity contribution >= 4 is 34.1 Å². The van der Waals surface area contributed by atoms with E-state index in [2.05, 4.69) is 28.3 Å². The van der Waals surface area contributed by atoms with Gasteiger partial charge in [-0.05, 0) is 37.6 Å². The van der Waals surface area contributed by atoms with Gasteiger partial charge in [-0.15, -0.1) is 11.3 Å². The zero-order valence-electron chi connectivity index (χ0n) is 17.0. The Hall–Kier alpha value is -2.89. The molecule has 0 aliphatic heterocycles. The van der Waals surface area contributed by atoms with Crippen molar-refractivity contribution < 1.29 is 9.53 Å². The summed E-state index contributed by atoms with van der Waals surface area (Å²) in [4.78, 5) is 21.8. The number of para-hydroxylation sites is 1. The van der Waals surface area contributed by atoms with Gasteiger partial charge in [-0.3, -0.25) is 4.79 Å². The third-order valence-corrected chi connectivity index (χ3v) is 6.18. The molecule has 1 unspecified atom stereocenters. The average Bonchev–Trinajstić information content (AvgIpc) is 3.22. The number of methoxy groups -OCH3 is 1. The molecule has 0 bridgehead atoms. The molecule has 1 amide bonds. The molecule has 2 aromatic heterocycles. The molecule has 2 heterocycles. The summed E-state index contributed by atoms with van der Waals surface area (Å²) in [6.07, 6.45) is 1.81. The molecule has 0 fully saturated rings. The van der Waals surface area contributed by atoms with Crippen LogP contribution in [0, 0.1) is 11.3 Å². The molecule has 1 aromatic carbocycles. The third-order valence-electron chi connectivity index (χ3n) is 4.32. The number of hydrogen-bond acceptors (Lipinski definition) is 7. The molecule has 0 aliphatic rings. The summed E-state index contributed by atoms with van der Waals surface area (Å²) in [5.41, 5.74) is 3.02. The van der Waals surface area contributed by atoms with Gasteiger partial charge in [-0.25, -0.2) is 9.97 Å². The molecule has 6 nitrogen and oxygen atoms in total. The van der Waals surface area contributed by atoms with Crippen LogP contribution in [0.2, 0.25) is 0 Å². The Bertz CT molecular complexity index is 1070. The molecule has 8 heteroatoms. The van der Waals surface area contributed by atoms with Crippen LogP contribution in [0.3, 0.4) is 0 Å². The summed E-state index contributed by atoms with van der Waals surface area (Å²) in [7, 11) is 1.62. The number of hydrogen-bond donors (Lipinski definition) is 1. The molecular weight excluding hydrogens is 416 g/mol. The van der Waals surface area contributed by atoms with E-state index >= 15 is 0 Å². The smallest absolute Gasteiger partial charge is 0.239 e. The average molecular weight is 439 g/mol. The maximum absolute atomic E-state index is 12.7. The Morgan fingerprint density at radius 1 is 1.30 bits per heavy atom. The quantitative estimate of drug-likeness (QED) is 0.489. The number of benzene rings is 1. The molecule has 3 aromatic rings. The van der Waals surface area contributed by atoms with E-state index in [4.69, 9.17) is 4.74 Å². The summed E-state index contributed by atoms with van der Waals surface area (Å²) in [6, 6.07) is 13.4. The first-order valence-electron chi connectivity index (χ1n) is 9.52. The van der Waals surface area contributed by atoms with Crippen molar-refractivity contribution in [3.05, 3.63) is 53.0 Å². The van der Waals surface area contributed by atoms with E-state index < -0.39 is 5.25 Å². The highest BCUT2D eigenvalue weighted by molar-refractivity contribution is 8.00. The fourth-order valence-corrected chi connectivity index (χ4v) is 4.41. The van der Waals surface area contributed by atoms with Gasteiger partial charge in [0.15, 0.2) is 5.13 Å². The Morgan fingerprint density at radius 2 is 2.10 bits per heavy atom. The van der Waals surface area contributed by atoms with Crippen molar-refractivity contribution in [1.29, 1.82) is 5.26 Å². The lowest BCUT2D eigenvalue weighted by Gasteiger charge is -2.12. The van der Waals surface area contributed by atoms with Crippen LogP contribution in [-0.2, 0) is 11.2 Å². The van der Waals surface area contributed by atoms with E-state index in [9.17, 15) is 10.1 Å². The summed E-state index contributed by atoms with van der Waals surface area (Å²) in [5.74, 6) is 0.541. The van der Waals surface area contributed by atoms with Crippen LogP contribution in [-0.4, -0.2) is 28.2 Å². The Labute approximate surface area is 184 Å². The van der Waals surface area contributed by atoms with Gasteiger partial charge < -0.3 is 10.1 Å². The summed E-state index contributed by atoms with van der Waals surface area (Å²) >= 11 is 2.64. The van der Waals surface area contributed by atoms with Crippen molar-refractivity contribution in [3.63, 3.8) is 0 Å². The molecule has 1 atom stereocenters. The number of carbonyl (C=O) groups is 1. The summed E-state index contributed by atoms with van der Waals surface area (Å²) < 4.78 is 5.38. The van der Waals surface area contributed by atoms with Gasteiger partial charge in [-0.2, -0.15) is 5.26 Å². The minimum atomic E-state index is -0.430. The first-order chi connectivity index (χ1) is 14.5. The van der Waals surface area contributed by atoms with Crippen molar-refractivity contribution in [3.8, 4) is 23.1 Å². The predicted molar refractivity (Wildman–Crippen MR) is 121 cm³/mol. The van der Waals surface area contributed by atoms with E-state index in [1.165, 1.54) is 23.1 Å². The predicted octanol–water partition coefficient (Wildman–Crippen LogP) is 5.16. The van der Waals surface area contributed by atoms with E-state index in [1.54, 1.807) is 20.1 Å². The molecule has 0 saturated heterocycles. The topological polar surface area (TPSA) is 87.9 Å². The number of nitrogens with zero attached hydrogens (tertiary/aromatic N) is 3. The first kappa shape index (κ1) is 21.8. The Balaban J connectivity index is 1.71. The van der Waals surface area contributed by atoms with Gasteiger partial charge in [0.2, 0.25) is 5.91 Å². The second-order valence-corrected chi connectivity index (χ2v) is 8.69. The van der Waals surface area contributed by atoms with Gasteiger partial charge in [0.05, 0.1) is 23.6 Å². The number of thiazole rings is 1. The van der Waals surface area contributed by atoms with Crippen LogP contribution in [0.1, 0.15) is 31.5 Å². The van der Waals surface area contributed by atoms with E-state index in [0.29, 0.717) is 15.7 Å². The minimum absolute atomic E-state index is 0.187. The first-order valence-corrected chi connectivity index (χ1v) is 11.3. The van der Waals surface area contributed by atoms with E-state index in [0.717, 1.165) is 35.5 Å². The highest BCUT2D eigenvalue weighted by Gasteiger charge is 2.19. The lowest BCUT2D eigenvalue weighted by Crippen LogP contribution is -2.22. The molecule has 0 saturated carbocycles. The monoisotopic (exact) mass is 438 g/mol. The lowest BCUT2D eigenvalue weighted by molar-refractivity contribution is -0.115. The highest BCUT2D eigenvalue weighted by Crippen LogP contribution is 2.32. The van der Waals surface area contributed by atoms with Crippen LogP contribution < -0.4 is 10.1 Å². The largest absolute Gasteiger partial charge is 0.496 e. The second kappa shape index (κ2) is 10.2. The van der Waals surface area contributed by atoms with Crippen LogP contribution in [0.15, 0.2) is 46.8 Å². The molecule has 30 heavy (non-hydrogen) atoms. The van der Waals surface area contributed by atoms with Crippen molar-refractivity contribution in [1.82, 2.24) is 9.97 Å². The maximum atomic E-state index is 12.7. The summed E-state index contributed by atoms with van der Waals surface area (Å²) in [5, 5.41) is 14.8. The minimum Gasteiger partial charge on any atom is -0.496 e. The maximum Gasteiger partial charge on any atom is 0.239 e. The van der Waals surface area contributed by atoms with Crippen molar-refractivity contribution in [2.75, 3.05) is 12.4 Å². The van der Waals surface area contributed by atoms with E-state index in [-0.39, 0.29) is 5.91 Å². The van der Waals surface area contributed by atoms with Crippen LogP contribution in [0.25, 0.3) is 11.3 Å². The number of pyridine rings is 1. The number of aryl methyl sites for hydroxylation is 1. The van der Waals surface area contributed by atoms with Gasteiger partial charge in [-0.1, -0.05) is 37.2 Å². The molecular formula is C22H22N4O2S2. The number of aromatic nitrogens is 2. The van der Waals surface area contributed by atoms with Crippen molar-refractivity contribution in [2.24, 2.45) is 0 Å². The van der Waals surface area contributed by atoms with Crippen LogP contribution in [0.4, 0.5) is 5.13 Å². The zero-order valence-corrected chi connectivity index (χ0v) is 18.6. The standard InChI is InChI=1S/C22H22N4O2S2/c1-4-7-16-11-10-15(12-23)21(24-16)30-14(2)20(27)26-22-25-18(13-29-22)17-8-5-6-9-19(17)28-3/h5-6,8-11,13-14H,4,7H2,1-3H3,(H,25,26,27). The molecule has 1 N–H and O–H groups in total. The number of ether oxygens (including phenoxy) is 1. The lowest BCUT2D eigenvalue weighted by atomic mass is 10.1. The van der Waals surface area contributed by atoms with Crippen molar-refractivity contribution in [2.45, 2.75) is 37.0 Å². The van der Waals surface area contributed by atoms with Gasteiger partial charge in [0, 0.05) is 16.6 Å². The molecule has 0 spiro atoms. The number of nitriles is 1. The number of thioether (sulfide) groups is 1. The highest BCUT2D eigenvalue weighted by atomic mass is 32.2. The number of amides is 1. The number of rotatable bonds is 8. The normalized spacial score (nSPS) is 11.5. The molecule has 0 aliphatic carbocycles. The summed E-state index contributed by atoms with van der Waals surface area (Å²) in [6.45, 7) is 3.88. The Morgan fingerprint density at radius 3 is 2.83 bits per heavy atom. The van der Waals surface area contributed by atoms with Gasteiger partial charge in [0.1, 0.15) is 16.8 Å². The van der Waals surface area contributed by atoms with Gasteiger partial charge >= 0.3 is 0 Å². The third kappa shape index (κ3) is 5.17. The fraction of sp³-hybridized carbons (Fsp3) is 0.273. The fourth-order valence-electron chi connectivity index (χ4n) is 2.79. The number of nitrogens with one attached hydrogen (secondary N) is 1. The van der Waals surface area contributed by atoms with Crippen LogP contribution in [0.5, 0.6) is 5.75 Å². The number of carbonyl (C=O) groups excluding carboxylic acids is 1. The SMILES string of the molecule is CCCc1ccc(C#N)c(SC(C)C(=O)Nc2nc(-c3ccccc3OC)cs2)n1. The number of anilines is 1. The molecule has 154 valence electrons. The molecule has 0 radical (unpaired) electrons. The van der Waals surface area contributed by atoms with E-state index in [1.807, 2.05) is 35.7 Å². The Kier molecular flexibility index (Phi) is 7.44. The second-order valence-electron chi connectivity index (χ2n) is 6.50. The zero-order chi connectivity index (χ0) is 21.5.